The minimum atomic E-state index is -0.577. The normalized spacial score (nSPS) is 10.2. The van der Waals surface area contributed by atoms with Gasteiger partial charge in [0.25, 0.3) is 0 Å². The number of rotatable bonds is 1. The number of ether oxygens (including phenoxy) is 1. The molecule has 0 aliphatic rings. The number of carbonyl (C=O) groups is 1. The van der Waals surface area contributed by atoms with Gasteiger partial charge < -0.3 is 9.15 Å². The van der Waals surface area contributed by atoms with Crippen molar-refractivity contribution < 1.29 is 13.9 Å². The van der Waals surface area contributed by atoms with Crippen LogP contribution in [0.4, 0.5) is 0 Å². The summed E-state index contributed by atoms with van der Waals surface area (Å²) in [6.07, 6.45) is 2.92. The van der Waals surface area contributed by atoms with Crippen LogP contribution in [-0.2, 0) is 4.79 Å². The average Bonchev–Trinajstić information content (AvgIpc) is 2.16. The molecule has 76 valence electrons. The van der Waals surface area contributed by atoms with Crippen molar-refractivity contribution in [2.75, 3.05) is 0 Å². The Morgan fingerprint density at radius 2 is 2.33 bits per heavy atom. The molecule has 2 aromatic rings. The van der Waals surface area contributed by atoms with Crippen molar-refractivity contribution in [3.05, 3.63) is 34.9 Å². The molecule has 0 aliphatic heterocycles. The fourth-order valence-electron chi connectivity index (χ4n) is 1.23. The molecule has 0 amide bonds. The van der Waals surface area contributed by atoms with E-state index in [0.717, 1.165) is 6.07 Å². The lowest BCUT2D eigenvalue weighted by Crippen LogP contribution is -2.05. The molecule has 0 spiro atoms. The van der Waals surface area contributed by atoms with E-state index in [2.05, 4.69) is 4.98 Å². The summed E-state index contributed by atoms with van der Waals surface area (Å²) < 4.78 is 9.76. The van der Waals surface area contributed by atoms with E-state index in [1.54, 1.807) is 6.07 Å². The Labute approximate surface area is 84.3 Å². The van der Waals surface area contributed by atoms with Crippen LogP contribution in [-0.4, -0.2) is 11.0 Å². The van der Waals surface area contributed by atoms with Crippen molar-refractivity contribution in [2.24, 2.45) is 0 Å². The van der Waals surface area contributed by atoms with Gasteiger partial charge in [0.1, 0.15) is 5.75 Å². The molecule has 2 rings (SSSR count). The Kier molecular flexibility index (Phi) is 2.21. The smallest absolute Gasteiger partial charge is 0.340 e. The van der Waals surface area contributed by atoms with Crippen LogP contribution in [0.15, 0.2) is 33.7 Å². The third-order valence-electron chi connectivity index (χ3n) is 1.76. The van der Waals surface area contributed by atoms with Crippen LogP contribution in [0.25, 0.3) is 11.0 Å². The highest BCUT2D eigenvalue weighted by molar-refractivity contribution is 5.84. The van der Waals surface area contributed by atoms with Crippen molar-refractivity contribution in [3.63, 3.8) is 0 Å². The fourth-order valence-corrected chi connectivity index (χ4v) is 1.23. The maximum atomic E-state index is 11.1. The van der Waals surface area contributed by atoms with Crippen LogP contribution < -0.4 is 10.4 Å². The second-order valence-corrected chi connectivity index (χ2v) is 2.90. The lowest BCUT2D eigenvalue weighted by molar-refractivity contribution is -0.131. The van der Waals surface area contributed by atoms with E-state index in [-0.39, 0.29) is 5.75 Å². The number of fused-ring (bicyclic) bond motifs is 1. The molecule has 0 unspecified atom stereocenters. The highest BCUT2D eigenvalue weighted by atomic mass is 16.5. The first kappa shape index (κ1) is 9.39. The van der Waals surface area contributed by atoms with Crippen LogP contribution >= 0.6 is 0 Å². The second-order valence-electron chi connectivity index (χ2n) is 2.90. The summed E-state index contributed by atoms with van der Waals surface area (Å²) in [4.78, 5) is 25.7. The van der Waals surface area contributed by atoms with Crippen molar-refractivity contribution in [1.82, 2.24) is 4.98 Å². The summed E-state index contributed by atoms with van der Waals surface area (Å²) in [5.41, 5.74) is -0.284. The molecule has 15 heavy (non-hydrogen) atoms. The zero-order chi connectivity index (χ0) is 10.8. The quantitative estimate of drug-likeness (QED) is 0.652. The van der Waals surface area contributed by atoms with Gasteiger partial charge in [0, 0.05) is 13.1 Å². The van der Waals surface area contributed by atoms with E-state index in [0.29, 0.717) is 11.0 Å². The molecule has 0 saturated carbocycles. The Morgan fingerprint density at radius 1 is 1.53 bits per heavy atom. The molecule has 0 N–H and O–H groups in total. The van der Waals surface area contributed by atoms with Gasteiger partial charge in [0.05, 0.1) is 17.6 Å². The van der Waals surface area contributed by atoms with E-state index in [1.807, 2.05) is 0 Å². The number of pyridine rings is 1. The van der Waals surface area contributed by atoms with E-state index >= 15 is 0 Å². The molecule has 2 heterocycles. The Hall–Kier alpha value is -2.17. The minimum absolute atomic E-state index is 0.191. The van der Waals surface area contributed by atoms with Gasteiger partial charge >= 0.3 is 11.6 Å². The van der Waals surface area contributed by atoms with Gasteiger partial charge in [-0.1, -0.05) is 0 Å². The Bertz CT molecular complexity index is 573. The summed E-state index contributed by atoms with van der Waals surface area (Å²) in [6, 6.07) is 2.74. The van der Waals surface area contributed by atoms with E-state index in [4.69, 9.17) is 9.15 Å². The van der Waals surface area contributed by atoms with Crippen LogP contribution in [0.5, 0.6) is 5.75 Å². The van der Waals surface area contributed by atoms with Gasteiger partial charge in [-0.2, -0.15) is 0 Å². The molecular formula is C10H7NO4. The van der Waals surface area contributed by atoms with Gasteiger partial charge in [-0.25, -0.2) is 4.79 Å². The molecule has 0 aromatic carbocycles. The fraction of sp³-hybridized carbons (Fsp3) is 0.100. The zero-order valence-corrected chi connectivity index (χ0v) is 7.89. The topological polar surface area (TPSA) is 69.4 Å². The summed E-state index contributed by atoms with van der Waals surface area (Å²) in [5, 5.41) is 0.541. The molecule has 0 fully saturated rings. The third-order valence-corrected chi connectivity index (χ3v) is 1.76. The number of aromatic nitrogens is 1. The molecule has 0 aliphatic carbocycles. The molecule has 0 atom stereocenters. The average molecular weight is 205 g/mol. The number of esters is 1. The van der Waals surface area contributed by atoms with Crippen LogP contribution in [0.3, 0.4) is 0 Å². The van der Waals surface area contributed by atoms with Gasteiger partial charge in [0.15, 0.2) is 5.58 Å². The molecule has 0 bridgehead atoms. The van der Waals surface area contributed by atoms with Gasteiger partial charge in [-0.15, -0.1) is 0 Å². The lowest BCUT2D eigenvalue weighted by atomic mass is 10.2. The van der Waals surface area contributed by atoms with Gasteiger partial charge in [-0.3, -0.25) is 9.78 Å². The number of carbonyl (C=O) groups excluding carboxylic acids is 1. The van der Waals surface area contributed by atoms with Crippen molar-refractivity contribution in [1.29, 1.82) is 0 Å². The van der Waals surface area contributed by atoms with Crippen molar-refractivity contribution in [2.45, 2.75) is 6.92 Å². The minimum Gasteiger partial charge on any atom is -0.426 e. The van der Waals surface area contributed by atoms with Crippen molar-refractivity contribution in [3.8, 4) is 5.75 Å². The summed E-state index contributed by atoms with van der Waals surface area (Å²) >= 11 is 0. The molecule has 5 heteroatoms. The largest absolute Gasteiger partial charge is 0.426 e. The number of hydrogen-bond acceptors (Lipinski definition) is 5. The van der Waals surface area contributed by atoms with Crippen LogP contribution in [0.2, 0.25) is 0 Å². The standard InChI is InChI=1S/C10H7NO4/c1-6(12)14-8-4-10(13)15-9-5-11-3-2-7(8)9/h2-5H,1H3. The zero-order valence-electron chi connectivity index (χ0n) is 7.89. The van der Waals surface area contributed by atoms with E-state index in [1.165, 1.54) is 19.3 Å². The van der Waals surface area contributed by atoms with Crippen LogP contribution in [0.1, 0.15) is 6.92 Å². The Morgan fingerprint density at radius 3 is 3.07 bits per heavy atom. The Balaban J connectivity index is 2.71. The van der Waals surface area contributed by atoms with E-state index in [9.17, 15) is 9.59 Å². The van der Waals surface area contributed by atoms with Crippen LogP contribution in [0, 0.1) is 0 Å². The molecule has 5 nitrogen and oxygen atoms in total. The molecular weight excluding hydrogens is 198 g/mol. The summed E-state index contributed by atoms with van der Waals surface area (Å²) in [6.45, 7) is 1.27. The predicted octanol–water partition coefficient (Wildman–Crippen LogP) is 1.11. The number of hydrogen-bond donors (Lipinski definition) is 0. The first-order valence-corrected chi connectivity index (χ1v) is 4.23. The second kappa shape index (κ2) is 3.53. The predicted molar refractivity (Wildman–Crippen MR) is 51.6 cm³/mol. The van der Waals surface area contributed by atoms with Gasteiger partial charge in [-0.05, 0) is 6.07 Å². The maximum Gasteiger partial charge on any atom is 0.340 e. The first-order valence-electron chi connectivity index (χ1n) is 4.23. The van der Waals surface area contributed by atoms with Crippen molar-refractivity contribution >= 4 is 16.9 Å². The molecule has 0 saturated heterocycles. The number of nitrogens with zero attached hydrogens (tertiary/aromatic N) is 1. The summed E-state index contributed by atoms with van der Waals surface area (Å²) in [5.74, 6) is -0.296. The highest BCUT2D eigenvalue weighted by Crippen LogP contribution is 2.22. The molecule has 2 aromatic heterocycles. The maximum absolute atomic E-state index is 11.1. The monoisotopic (exact) mass is 205 g/mol. The van der Waals surface area contributed by atoms with E-state index < -0.39 is 11.6 Å². The highest BCUT2D eigenvalue weighted by Gasteiger charge is 2.07. The van der Waals surface area contributed by atoms with Gasteiger partial charge in [0.2, 0.25) is 0 Å². The summed E-state index contributed by atoms with van der Waals surface area (Å²) in [7, 11) is 0. The molecule has 0 radical (unpaired) electrons. The first-order chi connectivity index (χ1) is 7.16. The lowest BCUT2D eigenvalue weighted by Gasteiger charge is -2.03. The SMILES string of the molecule is CC(=O)Oc1cc(=O)oc2cnccc12. The third kappa shape index (κ3) is 1.85.